The van der Waals surface area contributed by atoms with Crippen LogP contribution in [0.2, 0.25) is 0 Å². The number of aryl methyl sites for hydroxylation is 1. The first kappa shape index (κ1) is 15.3. The van der Waals surface area contributed by atoms with Crippen molar-refractivity contribution >= 4 is 5.91 Å². The number of furan rings is 1. The molecule has 1 aromatic carbocycles. The second-order valence-corrected chi connectivity index (χ2v) is 5.13. The molecule has 0 fully saturated rings. The fraction of sp³-hybridized carbons (Fsp3) is 0.312. The zero-order valence-corrected chi connectivity index (χ0v) is 12.4. The molecule has 0 aliphatic heterocycles. The first-order chi connectivity index (χ1) is 10.1. The van der Waals surface area contributed by atoms with Crippen molar-refractivity contribution in [2.24, 2.45) is 5.84 Å². The summed E-state index contributed by atoms with van der Waals surface area (Å²) in [7, 11) is 2.03. The third-order valence-electron chi connectivity index (χ3n) is 3.40. The predicted molar refractivity (Wildman–Crippen MR) is 81.6 cm³/mol. The Morgan fingerprint density at radius 2 is 2.05 bits per heavy atom. The molecule has 0 atom stereocenters. The smallest absolute Gasteiger partial charge is 0.268 e. The Morgan fingerprint density at radius 3 is 2.71 bits per heavy atom. The number of amides is 1. The van der Waals surface area contributed by atoms with Crippen molar-refractivity contribution < 1.29 is 9.21 Å². The molecule has 0 saturated carbocycles. The van der Waals surface area contributed by atoms with E-state index < -0.39 is 0 Å². The van der Waals surface area contributed by atoms with Gasteiger partial charge in [-0.3, -0.25) is 15.1 Å². The van der Waals surface area contributed by atoms with E-state index in [0.717, 1.165) is 18.7 Å². The lowest BCUT2D eigenvalue weighted by Crippen LogP contribution is -2.30. The molecule has 0 aliphatic carbocycles. The minimum Gasteiger partial charge on any atom is -0.464 e. The zero-order chi connectivity index (χ0) is 15.2. The van der Waals surface area contributed by atoms with E-state index in [1.165, 1.54) is 5.56 Å². The standard InChI is InChI=1S/C16H21N3O2/c1-12-15(16(20)18-17)10-14(21-12)11-19(2)9-8-13-6-4-3-5-7-13/h3-7,10H,8-9,11,17H2,1-2H3,(H,18,20). The number of nitrogen functional groups attached to an aromatic ring is 1. The number of hydrazine groups is 1. The molecule has 1 aromatic heterocycles. The number of carbonyl (C=O) groups is 1. The summed E-state index contributed by atoms with van der Waals surface area (Å²) >= 11 is 0. The van der Waals surface area contributed by atoms with Gasteiger partial charge in [0.2, 0.25) is 0 Å². The molecule has 0 aliphatic rings. The molecule has 0 saturated heterocycles. The summed E-state index contributed by atoms with van der Waals surface area (Å²) in [6.07, 6.45) is 0.979. The SMILES string of the molecule is Cc1oc(CN(C)CCc2ccccc2)cc1C(=O)NN. The number of hydrogen-bond donors (Lipinski definition) is 2. The van der Waals surface area contributed by atoms with Crippen LogP contribution in [-0.2, 0) is 13.0 Å². The van der Waals surface area contributed by atoms with Crippen molar-refractivity contribution in [3.05, 3.63) is 59.0 Å². The minimum absolute atomic E-state index is 0.325. The molecule has 0 radical (unpaired) electrons. The van der Waals surface area contributed by atoms with Crippen molar-refractivity contribution in [2.75, 3.05) is 13.6 Å². The number of benzene rings is 1. The molecule has 0 spiro atoms. The maximum atomic E-state index is 11.5. The third-order valence-corrected chi connectivity index (χ3v) is 3.40. The summed E-state index contributed by atoms with van der Waals surface area (Å²) in [6, 6.07) is 12.1. The lowest BCUT2D eigenvalue weighted by Gasteiger charge is -2.14. The summed E-state index contributed by atoms with van der Waals surface area (Å²) < 4.78 is 5.60. The Kier molecular flexibility index (Phi) is 5.14. The van der Waals surface area contributed by atoms with Gasteiger partial charge < -0.3 is 4.42 Å². The van der Waals surface area contributed by atoms with E-state index in [4.69, 9.17) is 10.3 Å². The normalized spacial score (nSPS) is 10.9. The van der Waals surface area contributed by atoms with Gasteiger partial charge in [0.15, 0.2) is 0 Å². The zero-order valence-electron chi connectivity index (χ0n) is 12.4. The molecule has 1 heterocycles. The van der Waals surface area contributed by atoms with E-state index in [1.807, 2.05) is 25.2 Å². The van der Waals surface area contributed by atoms with E-state index >= 15 is 0 Å². The van der Waals surface area contributed by atoms with Gasteiger partial charge in [0.25, 0.3) is 5.91 Å². The Balaban J connectivity index is 1.91. The van der Waals surface area contributed by atoms with Crippen LogP contribution >= 0.6 is 0 Å². The van der Waals surface area contributed by atoms with Crippen LogP contribution in [0.5, 0.6) is 0 Å². The number of carbonyl (C=O) groups excluding carboxylic acids is 1. The number of likely N-dealkylation sites (N-methyl/N-ethyl adjacent to an activating group) is 1. The van der Waals surface area contributed by atoms with Gasteiger partial charge in [0.05, 0.1) is 12.1 Å². The molecule has 5 nitrogen and oxygen atoms in total. The monoisotopic (exact) mass is 287 g/mol. The highest BCUT2D eigenvalue weighted by atomic mass is 16.3. The van der Waals surface area contributed by atoms with Crippen molar-refractivity contribution in [1.82, 2.24) is 10.3 Å². The predicted octanol–water partition coefficient (Wildman–Crippen LogP) is 1.87. The number of rotatable bonds is 6. The molecule has 0 bridgehead atoms. The lowest BCUT2D eigenvalue weighted by atomic mass is 10.1. The van der Waals surface area contributed by atoms with Gasteiger partial charge in [-0.2, -0.15) is 0 Å². The van der Waals surface area contributed by atoms with Crippen molar-refractivity contribution in [1.29, 1.82) is 0 Å². The molecule has 1 amide bonds. The second kappa shape index (κ2) is 7.06. The van der Waals surface area contributed by atoms with Crippen LogP contribution in [-0.4, -0.2) is 24.4 Å². The van der Waals surface area contributed by atoms with Gasteiger partial charge in [-0.1, -0.05) is 30.3 Å². The first-order valence-corrected chi connectivity index (χ1v) is 6.93. The topological polar surface area (TPSA) is 71.5 Å². The van der Waals surface area contributed by atoms with E-state index in [9.17, 15) is 4.79 Å². The van der Waals surface area contributed by atoms with Crippen LogP contribution in [0.25, 0.3) is 0 Å². The van der Waals surface area contributed by atoms with Gasteiger partial charge in [0, 0.05) is 6.54 Å². The van der Waals surface area contributed by atoms with Crippen molar-refractivity contribution in [3.63, 3.8) is 0 Å². The third kappa shape index (κ3) is 4.18. The molecular formula is C16H21N3O2. The molecule has 5 heteroatoms. The minimum atomic E-state index is -0.325. The summed E-state index contributed by atoms with van der Waals surface area (Å²) in [6.45, 7) is 3.34. The molecule has 0 unspecified atom stereocenters. The Hall–Kier alpha value is -2.11. The summed E-state index contributed by atoms with van der Waals surface area (Å²) in [5.41, 5.74) is 3.92. The summed E-state index contributed by atoms with van der Waals surface area (Å²) in [5, 5.41) is 0. The number of nitrogens with two attached hydrogens (primary N) is 1. The fourth-order valence-electron chi connectivity index (χ4n) is 2.23. The second-order valence-electron chi connectivity index (χ2n) is 5.13. The van der Waals surface area contributed by atoms with E-state index in [2.05, 4.69) is 22.5 Å². The van der Waals surface area contributed by atoms with E-state index in [0.29, 0.717) is 17.9 Å². The molecule has 2 rings (SSSR count). The lowest BCUT2D eigenvalue weighted by molar-refractivity contribution is 0.0952. The summed E-state index contributed by atoms with van der Waals surface area (Å²) in [5.74, 6) is 6.17. The number of nitrogens with zero attached hydrogens (tertiary/aromatic N) is 1. The van der Waals surface area contributed by atoms with Gasteiger partial charge in [-0.05, 0) is 32.0 Å². The average Bonchev–Trinajstić information content (AvgIpc) is 2.86. The molecule has 21 heavy (non-hydrogen) atoms. The first-order valence-electron chi connectivity index (χ1n) is 6.93. The van der Waals surface area contributed by atoms with Crippen molar-refractivity contribution in [3.8, 4) is 0 Å². The van der Waals surface area contributed by atoms with Gasteiger partial charge in [0.1, 0.15) is 11.5 Å². The largest absolute Gasteiger partial charge is 0.464 e. The van der Waals surface area contributed by atoms with Crippen LogP contribution in [0.1, 0.15) is 27.4 Å². The molecular weight excluding hydrogens is 266 g/mol. The van der Waals surface area contributed by atoms with Crippen LogP contribution in [0.3, 0.4) is 0 Å². The highest BCUT2D eigenvalue weighted by Gasteiger charge is 2.14. The average molecular weight is 287 g/mol. The van der Waals surface area contributed by atoms with Gasteiger partial charge in [-0.15, -0.1) is 0 Å². The molecule has 112 valence electrons. The Bertz CT molecular complexity index is 593. The fourth-order valence-corrected chi connectivity index (χ4v) is 2.23. The molecule has 3 N–H and O–H groups in total. The number of hydrogen-bond acceptors (Lipinski definition) is 4. The Morgan fingerprint density at radius 1 is 1.33 bits per heavy atom. The van der Waals surface area contributed by atoms with Crippen LogP contribution in [0.15, 0.2) is 40.8 Å². The van der Waals surface area contributed by atoms with Crippen LogP contribution < -0.4 is 11.3 Å². The highest BCUT2D eigenvalue weighted by Crippen LogP contribution is 2.16. The maximum Gasteiger partial charge on any atom is 0.268 e. The summed E-state index contributed by atoms with van der Waals surface area (Å²) in [4.78, 5) is 13.7. The quantitative estimate of drug-likeness (QED) is 0.483. The number of nitrogens with one attached hydrogen (secondary N) is 1. The van der Waals surface area contributed by atoms with Gasteiger partial charge in [-0.25, -0.2) is 5.84 Å². The van der Waals surface area contributed by atoms with E-state index in [-0.39, 0.29) is 5.91 Å². The van der Waals surface area contributed by atoms with Gasteiger partial charge >= 0.3 is 0 Å². The maximum absolute atomic E-state index is 11.5. The van der Waals surface area contributed by atoms with Crippen LogP contribution in [0.4, 0.5) is 0 Å². The van der Waals surface area contributed by atoms with E-state index in [1.54, 1.807) is 13.0 Å². The van der Waals surface area contributed by atoms with Crippen molar-refractivity contribution in [2.45, 2.75) is 19.9 Å². The van der Waals surface area contributed by atoms with Crippen LogP contribution in [0, 0.1) is 6.92 Å². The highest BCUT2D eigenvalue weighted by molar-refractivity contribution is 5.94. The molecule has 2 aromatic rings. The Labute approximate surface area is 124 Å².